The molecule has 0 bridgehead atoms. The smallest absolute Gasteiger partial charge is 0.337 e. The van der Waals surface area contributed by atoms with Gasteiger partial charge in [0, 0.05) is 41.3 Å². The first-order chi connectivity index (χ1) is 15.0. The molecule has 2 aromatic rings. The van der Waals surface area contributed by atoms with Crippen LogP contribution in [-0.2, 0) is 15.1 Å². The minimum Gasteiger partial charge on any atom is -0.465 e. The van der Waals surface area contributed by atoms with Crippen LogP contribution in [0.4, 0.5) is 5.69 Å². The van der Waals surface area contributed by atoms with Gasteiger partial charge in [0.15, 0.2) is 5.60 Å². The molecule has 172 valence electrons. The van der Waals surface area contributed by atoms with Crippen LogP contribution in [-0.4, -0.2) is 54.2 Å². The second kappa shape index (κ2) is 9.40. The quantitative estimate of drug-likeness (QED) is 0.593. The Bertz CT molecular complexity index is 1030. The average Bonchev–Trinajstić information content (AvgIpc) is 2.95. The Kier molecular flexibility index (Phi) is 7.20. The Labute approximate surface area is 198 Å². The topological polar surface area (TPSA) is 70.1 Å². The van der Waals surface area contributed by atoms with Gasteiger partial charge in [-0.25, -0.2) is 4.79 Å². The molecule has 1 amide bonds. The molecular formula is C24H28Cl2N2O4. The third-order valence-corrected chi connectivity index (χ3v) is 6.50. The minimum atomic E-state index is -2.07. The molecule has 1 unspecified atom stereocenters. The Morgan fingerprint density at radius 1 is 1.12 bits per heavy atom. The number of amides is 1. The normalized spacial score (nSPS) is 18.1. The van der Waals surface area contributed by atoms with Crippen LogP contribution in [0.2, 0.25) is 10.0 Å². The van der Waals surface area contributed by atoms with Gasteiger partial charge >= 0.3 is 5.97 Å². The lowest BCUT2D eigenvalue weighted by Crippen LogP contribution is -2.46. The molecular weight excluding hydrogens is 451 g/mol. The zero-order chi connectivity index (χ0) is 23.8. The molecule has 0 radical (unpaired) electrons. The van der Waals surface area contributed by atoms with Gasteiger partial charge in [0.25, 0.3) is 5.91 Å². The van der Waals surface area contributed by atoms with E-state index in [1.807, 2.05) is 0 Å². The van der Waals surface area contributed by atoms with Crippen molar-refractivity contribution in [3.05, 3.63) is 63.1 Å². The number of halogens is 2. The summed E-state index contributed by atoms with van der Waals surface area (Å²) >= 11 is 12.9. The number of hydrogen-bond acceptors (Lipinski definition) is 5. The third-order valence-electron chi connectivity index (χ3n) is 5.87. The largest absolute Gasteiger partial charge is 0.465 e. The monoisotopic (exact) mass is 478 g/mol. The molecule has 1 aliphatic heterocycles. The van der Waals surface area contributed by atoms with E-state index in [-0.39, 0.29) is 38.8 Å². The molecule has 0 saturated carbocycles. The van der Waals surface area contributed by atoms with Crippen LogP contribution in [0.1, 0.15) is 49.2 Å². The maximum atomic E-state index is 13.7. The van der Waals surface area contributed by atoms with Crippen LogP contribution in [0.3, 0.4) is 0 Å². The van der Waals surface area contributed by atoms with Crippen LogP contribution in [0.15, 0.2) is 36.4 Å². The molecule has 0 aliphatic carbocycles. The molecule has 32 heavy (non-hydrogen) atoms. The highest BCUT2D eigenvalue weighted by molar-refractivity contribution is 6.35. The van der Waals surface area contributed by atoms with Crippen LogP contribution in [0, 0.1) is 0 Å². The Hall–Kier alpha value is -2.12. The molecule has 0 aromatic heterocycles. The molecule has 0 spiro atoms. The predicted molar refractivity (Wildman–Crippen MR) is 127 cm³/mol. The highest BCUT2D eigenvalue weighted by Gasteiger charge is 2.53. The summed E-state index contributed by atoms with van der Waals surface area (Å²) in [5.74, 6) is -1.14. The second-order valence-electron chi connectivity index (χ2n) is 8.42. The van der Waals surface area contributed by atoms with E-state index in [4.69, 9.17) is 27.9 Å². The minimum absolute atomic E-state index is 0.0887. The highest BCUT2D eigenvalue weighted by Crippen LogP contribution is 2.49. The van der Waals surface area contributed by atoms with E-state index in [1.165, 1.54) is 24.1 Å². The van der Waals surface area contributed by atoms with E-state index in [0.29, 0.717) is 18.8 Å². The summed E-state index contributed by atoms with van der Waals surface area (Å²) in [4.78, 5) is 29.6. The van der Waals surface area contributed by atoms with Crippen LogP contribution >= 0.6 is 23.2 Å². The van der Waals surface area contributed by atoms with Crippen molar-refractivity contribution in [1.82, 2.24) is 4.90 Å². The number of methoxy groups -OCH3 is 1. The van der Waals surface area contributed by atoms with Crippen LogP contribution in [0.5, 0.6) is 0 Å². The first kappa shape index (κ1) is 24.5. The van der Waals surface area contributed by atoms with Crippen molar-refractivity contribution in [3.8, 4) is 0 Å². The van der Waals surface area contributed by atoms with E-state index >= 15 is 0 Å². The van der Waals surface area contributed by atoms with Gasteiger partial charge in [-0.3, -0.25) is 9.69 Å². The van der Waals surface area contributed by atoms with Gasteiger partial charge in [0.05, 0.1) is 23.4 Å². The number of nitrogens with zero attached hydrogens (tertiary/aromatic N) is 2. The number of fused-ring (bicyclic) bond motifs is 1. The van der Waals surface area contributed by atoms with E-state index < -0.39 is 17.5 Å². The van der Waals surface area contributed by atoms with Crippen molar-refractivity contribution in [3.63, 3.8) is 0 Å². The van der Waals surface area contributed by atoms with E-state index in [1.54, 1.807) is 24.3 Å². The summed E-state index contributed by atoms with van der Waals surface area (Å²) in [5.41, 5.74) is -1.04. The molecule has 1 aliphatic rings. The molecule has 1 atom stereocenters. The predicted octanol–water partition coefficient (Wildman–Crippen LogP) is 4.48. The third kappa shape index (κ3) is 4.13. The van der Waals surface area contributed by atoms with Crippen molar-refractivity contribution in [1.29, 1.82) is 0 Å². The van der Waals surface area contributed by atoms with E-state index in [2.05, 4.69) is 32.6 Å². The lowest BCUT2D eigenvalue weighted by Gasteiger charge is -2.32. The molecule has 3 rings (SSSR count). The summed E-state index contributed by atoms with van der Waals surface area (Å²) in [5, 5.41) is 12.1. The summed E-state index contributed by atoms with van der Waals surface area (Å²) in [6, 6.07) is 10.1. The number of rotatable bonds is 7. The maximum Gasteiger partial charge on any atom is 0.337 e. The molecule has 0 fully saturated rings. The number of hydrogen-bond donors (Lipinski definition) is 1. The summed E-state index contributed by atoms with van der Waals surface area (Å²) in [7, 11) is 1.27. The SMILES string of the molecule is COC(=O)c1cc(Cl)c2c(c1)N(CCN(C(C)C)C(C)C)C(=O)C2(O)c1ccccc1Cl. The maximum absolute atomic E-state index is 13.7. The fourth-order valence-electron chi connectivity index (χ4n) is 4.37. The van der Waals surface area contributed by atoms with Gasteiger partial charge in [-0.2, -0.15) is 0 Å². The van der Waals surface area contributed by atoms with Crippen molar-refractivity contribution in [2.45, 2.75) is 45.4 Å². The fourth-order valence-corrected chi connectivity index (χ4v) is 4.99. The number of aliphatic hydroxyl groups is 1. The van der Waals surface area contributed by atoms with Gasteiger partial charge in [0.1, 0.15) is 0 Å². The fraction of sp³-hybridized carbons (Fsp3) is 0.417. The number of carbonyl (C=O) groups excluding carboxylic acids is 2. The molecule has 8 heteroatoms. The Morgan fingerprint density at radius 2 is 1.75 bits per heavy atom. The van der Waals surface area contributed by atoms with Crippen molar-refractivity contribution in [2.75, 3.05) is 25.1 Å². The van der Waals surface area contributed by atoms with Crippen LogP contribution in [0.25, 0.3) is 0 Å². The molecule has 2 aromatic carbocycles. The van der Waals surface area contributed by atoms with Gasteiger partial charge in [0.2, 0.25) is 0 Å². The Morgan fingerprint density at radius 3 is 2.31 bits per heavy atom. The number of benzene rings is 2. The summed E-state index contributed by atoms with van der Waals surface area (Å²) < 4.78 is 4.84. The van der Waals surface area contributed by atoms with Gasteiger partial charge in [-0.05, 0) is 45.9 Å². The zero-order valence-corrected chi connectivity index (χ0v) is 20.4. The zero-order valence-electron chi connectivity index (χ0n) is 18.9. The standard InChI is InChI=1S/C24H28Cl2N2O4/c1-14(2)27(15(3)4)10-11-28-20-13-16(22(29)32-5)12-19(26)21(20)24(31,23(28)30)17-8-6-7-9-18(17)25/h6-9,12-15,31H,10-11H2,1-5H3. The first-order valence-electron chi connectivity index (χ1n) is 10.5. The molecule has 1 N–H and O–H groups in total. The lowest BCUT2D eigenvalue weighted by molar-refractivity contribution is -0.132. The molecule has 6 nitrogen and oxygen atoms in total. The lowest BCUT2D eigenvalue weighted by atomic mass is 9.87. The second-order valence-corrected chi connectivity index (χ2v) is 9.23. The average molecular weight is 479 g/mol. The number of carbonyl (C=O) groups is 2. The molecule has 1 heterocycles. The van der Waals surface area contributed by atoms with Gasteiger partial charge < -0.3 is 14.7 Å². The van der Waals surface area contributed by atoms with E-state index in [9.17, 15) is 14.7 Å². The van der Waals surface area contributed by atoms with Crippen molar-refractivity contribution in [2.24, 2.45) is 0 Å². The van der Waals surface area contributed by atoms with Crippen molar-refractivity contribution >= 4 is 40.8 Å². The van der Waals surface area contributed by atoms with Crippen LogP contribution < -0.4 is 4.90 Å². The highest BCUT2D eigenvalue weighted by atomic mass is 35.5. The molecule has 0 saturated heterocycles. The summed E-state index contributed by atoms with van der Waals surface area (Å²) in [6.07, 6.45) is 0. The number of ether oxygens (including phenoxy) is 1. The van der Waals surface area contributed by atoms with Crippen molar-refractivity contribution < 1.29 is 19.4 Å². The summed E-state index contributed by atoms with van der Waals surface area (Å²) in [6.45, 7) is 9.23. The van der Waals surface area contributed by atoms with Gasteiger partial charge in [-0.1, -0.05) is 41.4 Å². The van der Waals surface area contributed by atoms with E-state index in [0.717, 1.165) is 0 Å². The first-order valence-corrected chi connectivity index (χ1v) is 11.3. The number of anilines is 1. The number of esters is 1. The van der Waals surface area contributed by atoms with Gasteiger partial charge in [-0.15, -0.1) is 0 Å². The Balaban J connectivity index is 2.17.